The van der Waals surface area contributed by atoms with Crippen LogP contribution < -0.4 is 3.53 Å². The highest BCUT2D eigenvalue weighted by Crippen LogP contribution is 2.36. The zero-order valence-electron chi connectivity index (χ0n) is 14.8. The number of hydrogen-bond acceptors (Lipinski definition) is 5. The highest BCUT2D eigenvalue weighted by Gasteiger charge is 2.22. The molecule has 0 spiro atoms. The number of H-pyrrole nitrogens is 1. The van der Waals surface area contributed by atoms with Crippen LogP contribution in [0.3, 0.4) is 0 Å². The topological polar surface area (TPSA) is 109 Å². The van der Waals surface area contributed by atoms with Crippen molar-refractivity contribution in [2.24, 2.45) is 0 Å². The molecule has 0 fully saturated rings. The third kappa shape index (κ3) is 3.28. The number of halogens is 2. The summed E-state index contributed by atoms with van der Waals surface area (Å²) in [7, 11) is -3.42. The molecule has 28 heavy (non-hydrogen) atoms. The SMILES string of the molecule is Cc1c(F)c(CS(C)(=O)=O)c2[nH]ncc2c1-c1ccc2nc(NI=O)cn2c1. The van der Waals surface area contributed by atoms with Crippen molar-refractivity contribution < 1.29 is 15.9 Å². The molecular weight excluding hydrogens is 500 g/mol. The maximum absolute atomic E-state index is 15.1. The van der Waals surface area contributed by atoms with Gasteiger partial charge >= 0.3 is 0 Å². The fourth-order valence-electron chi connectivity index (χ4n) is 3.35. The number of aromatic nitrogens is 4. The number of anilines is 1. The van der Waals surface area contributed by atoms with E-state index in [4.69, 9.17) is 0 Å². The van der Waals surface area contributed by atoms with E-state index in [1.165, 1.54) is 0 Å². The van der Waals surface area contributed by atoms with E-state index in [1.807, 2.05) is 6.07 Å². The average Bonchev–Trinajstić information content (AvgIpc) is 3.24. The van der Waals surface area contributed by atoms with Crippen molar-refractivity contribution in [2.75, 3.05) is 9.79 Å². The summed E-state index contributed by atoms with van der Waals surface area (Å²) < 4.78 is 54.0. The second-order valence-electron chi connectivity index (χ2n) is 6.50. The number of sulfone groups is 1. The molecule has 0 unspecified atom stereocenters. The van der Waals surface area contributed by atoms with Gasteiger partial charge in [-0.15, -0.1) is 0 Å². The van der Waals surface area contributed by atoms with E-state index >= 15 is 4.39 Å². The molecule has 0 aliphatic heterocycles. The minimum atomic E-state index is -3.42. The number of imidazole rings is 1. The van der Waals surface area contributed by atoms with Gasteiger partial charge in [-0.1, -0.05) is 0 Å². The van der Waals surface area contributed by atoms with Gasteiger partial charge < -0.3 is 4.40 Å². The monoisotopic (exact) mass is 515 g/mol. The van der Waals surface area contributed by atoms with E-state index in [2.05, 4.69) is 18.7 Å². The van der Waals surface area contributed by atoms with Gasteiger partial charge in [0, 0.05) is 23.4 Å². The number of benzene rings is 1. The first-order valence-electron chi connectivity index (χ1n) is 8.11. The van der Waals surface area contributed by atoms with Crippen molar-refractivity contribution in [3.05, 3.63) is 47.7 Å². The van der Waals surface area contributed by atoms with E-state index in [-0.39, 0.29) is 5.56 Å². The van der Waals surface area contributed by atoms with Crippen LogP contribution >= 0.6 is 21.5 Å². The predicted molar refractivity (Wildman–Crippen MR) is 112 cm³/mol. The Kier molecular flexibility index (Phi) is 4.65. The Morgan fingerprint density at radius 2 is 2.11 bits per heavy atom. The second-order valence-corrected chi connectivity index (χ2v) is 9.62. The maximum atomic E-state index is 15.1. The van der Waals surface area contributed by atoms with Gasteiger partial charge in [-0.2, -0.15) is 5.10 Å². The number of rotatable bonds is 5. The molecule has 0 aliphatic carbocycles. The Hall–Kier alpha value is -2.41. The molecule has 4 aromatic rings. The van der Waals surface area contributed by atoms with E-state index < -0.39 is 42.9 Å². The Morgan fingerprint density at radius 1 is 1.32 bits per heavy atom. The van der Waals surface area contributed by atoms with Crippen molar-refractivity contribution in [3.63, 3.8) is 0 Å². The van der Waals surface area contributed by atoms with Crippen molar-refractivity contribution in [3.8, 4) is 11.1 Å². The Labute approximate surface area is 170 Å². The lowest BCUT2D eigenvalue weighted by molar-refractivity contribution is 0.590. The summed E-state index contributed by atoms with van der Waals surface area (Å²) in [6.07, 6.45) is 6.13. The first-order valence-corrected chi connectivity index (χ1v) is 12.1. The van der Waals surface area contributed by atoms with Crippen molar-refractivity contribution >= 4 is 53.7 Å². The van der Waals surface area contributed by atoms with Gasteiger partial charge in [0.2, 0.25) is 0 Å². The molecule has 0 bridgehead atoms. The number of nitrogens with one attached hydrogen (secondary N) is 2. The molecule has 3 aromatic heterocycles. The van der Waals surface area contributed by atoms with Crippen LogP contribution in [0.2, 0.25) is 0 Å². The summed E-state index contributed by atoms with van der Waals surface area (Å²) in [4.78, 5) is 4.30. The molecular formula is C17H15FIN5O3S. The van der Waals surface area contributed by atoms with Crippen LogP contribution in [-0.4, -0.2) is 34.3 Å². The second kappa shape index (κ2) is 6.88. The fourth-order valence-corrected chi connectivity index (χ4v) is 4.63. The quantitative estimate of drug-likeness (QED) is 0.311. The molecule has 0 amide bonds. The van der Waals surface area contributed by atoms with Crippen LogP contribution in [0.15, 0.2) is 30.7 Å². The number of pyridine rings is 1. The molecule has 1 aromatic carbocycles. The number of aromatic amines is 1. The first kappa shape index (κ1) is 18.9. The predicted octanol–water partition coefficient (Wildman–Crippen LogP) is 3.51. The van der Waals surface area contributed by atoms with E-state index in [0.717, 1.165) is 11.8 Å². The highest BCUT2D eigenvalue weighted by molar-refractivity contribution is 14.1. The summed E-state index contributed by atoms with van der Waals surface area (Å²) in [6.45, 7) is 1.62. The maximum Gasteiger partial charge on any atom is 0.271 e. The van der Waals surface area contributed by atoms with Crippen molar-refractivity contribution in [1.29, 1.82) is 0 Å². The third-order valence-electron chi connectivity index (χ3n) is 4.46. The van der Waals surface area contributed by atoms with Gasteiger partial charge in [-0.3, -0.25) is 8.63 Å². The summed E-state index contributed by atoms with van der Waals surface area (Å²) in [5.41, 5.74) is 2.80. The van der Waals surface area contributed by atoms with E-state index in [9.17, 15) is 11.5 Å². The molecule has 0 aliphatic rings. The lowest BCUT2D eigenvalue weighted by Gasteiger charge is -2.13. The summed E-state index contributed by atoms with van der Waals surface area (Å²) in [6, 6.07) is 3.58. The summed E-state index contributed by atoms with van der Waals surface area (Å²) in [5.74, 6) is -0.479. The lowest BCUT2D eigenvalue weighted by Crippen LogP contribution is -2.06. The lowest BCUT2D eigenvalue weighted by atomic mass is 9.95. The molecule has 0 saturated carbocycles. The Balaban J connectivity index is 1.95. The van der Waals surface area contributed by atoms with Crippen molar-refractivity contribution in [2.45, 2.75) is 12.7 Å². The molecule has 2 N–H and O–H groups in total. The highest BCUT2D eigenvalue weighted by atomic mass is 127. The van der Waals surface area contributed by atoms with Gasteiger partial charge in [-0.05, 0) is 35.7 Å². The molecule has 11 heteroatoms. The standard InChI is InChI=1S/C17H15FIN5O3S/c1-9-15(10-3-4-14-21-13(22-19-25)7-24(14)6-10)11-5-20-23-17(11)12(16(9)18)8-28(2,26)27/h3-7H,8H2,1-2H3,(H,20,23)(H,22,25). The van der Waals surface area contributed by atoms with Gasteiger partial charge in [0.25, 0.3) is 21.5 Å². The van der Waals surface area contributed by atoms with Gasteiger partial charge in [0.1, 0.15) is 11.5 Å². The van der Waals surface area contributed by atoms with Gasteiger partial charge in [-0.25, -0.2) is 20.9 Å². The molecule has 4 rings (SSSR count). The smallest absolute Gasteiger partial charge is 0.271 e. The number of nitrogens with zero attached hydrogens (tertiary/aromatic N) is 3. The van der Waals surface area contributed by atoms with Gasteiger partial charge in [0.15, 0.2) is 15.7 Å². The normalized spacial score (nSPS) is 12.1. The molecule has 0 atom stereocenters. The largest absolute Gasteiger partial charge is 0.304 e. The van der Waals surface area contributed by atoms with E-state index in [1.54, 1.807) is 36.0 Å². The molecule has 146 valence electrons. The van der Waals surface area contributed by atoms with Crippen LogP contribution in [0.5, 0.6) is 0 Å². The van der Waals surface area contributed by atoms with Crippen LogP contribution in [0.1, 0.15) is 11.1 Å². The zero-order chi connectivity index (χ0) is 20.1. The fraction of sp³-hybridized carbons (Fsp3) is 0.176. The summed E-state index contributed by atoms with van der Waals surface area (Å²) in [5, 5.41) is 7.38. The number of fused-ring (bicyclic) bond motifs is 2. The van der Waals surface area contributed by atoms with Crippen LogP contribution in [0.25, 0.3) is 27.7 Å². The minimum absolute atomic E-state index is 0.0887. The minimum Gasteiger partial charge on any atom is -0.304 e. The Morgan fingerprint density at radius 3 is 2.82 bits per heavy atom. The zero-order valence-corrected chi connectivity index (χ0v) is 17.8. The third-order valence-corrected chi connectivity index (χ3v) is 6.05. The Bertz CT molecular complexity index is 1350. The average molecular weight is 515 g/mol. The number of hydrogen-bond donors (Lipinski definition) is 2. The van der Waals surface area contributed by atoms with Crippen LogP contribution in [0.4, 0.5) is 10.2 Å². The molecule has 0 radical (unpaired) electrons. The molecule has 3 heterocycles. The van der Waals surface area contributed by atoms with E-state index in [0.29, 0.717) is 33.5 Å². The van der Waals surface area contributed by atoms with Crippen molar-refractivity contribution in [1.82, 2.24) is 19.6 Å². The molecule has 8 nitrogen and oxygen atoms in total. The van der Waals surface area contributed by atoms with Crippen LogP contribution in [-0.2, 0) is 18.7 Å². The molecule has 0 saturated heterocycles. The van der Waals surface area contributed by atoms with Gasteiger partial charge in [0.05, 0.1) is 23.7 Å². The summed E-state index contributed by atoms with van der Waals surface area (Å²) >= 11 is -1.39. The first-order chi connectivity index (χ1) is 13.3. The van der Waals surface area contributed by atoms with Crippen LogP contribution in [0, 0.1) is 12.7 Å².